The van der Waals surface area contributed by atoms with E-state index in [0.29, 0.717) is 65.3 Å². The molecule has 0 spiro atoms. The van der Waals surface area contributed by atoms with Gasteiger partial charge in [0.25, 0.3) is 0 Å². The normalized spacial score (nSPS) is 10.9. The fraction of sp³-hybridized carbons (Fsp3) is 0.438. The van der Waals surface area contributed by atoms with E-state index < -0.39 is 0 Å². The van der Waals surface area contributed by atoms with Crippen LogP contribution in [0.1, 0.15) is 52.4 Å². The molecule has 0 fully saturated rings. The summed E-state index contributed by atoms with van der Waals surface area (Å²) in [6.07, 6.45) is 0.853. The van der Waals surface area contributed by atoms with Gasteiger partial charge in [-0.15, -0.1) is 0 Å². The first-order valence-electron chi connectivity index (χ1n) is 7.94. The van der Waals surface area contributed by atoms with Crippen molar-refractivity contribution in [2.24, 2.45) is 0 Å². The fourth-order valence-corrected chi connectivity index (χ4v) is 2.56. The Morgan fingerprint density at radius 2 is 0.600 bits per heavy atom. The van der Waals surface area contributed by atoms with E-state index in [0.717, 1.165) is 0 Å². The SMILES string of the molecule is Cc1nc(C)nc(Cc2nc(C)nc(Cc3nc(C)nc(C)n3)n2)n1. The van der Waals surface area contributed by atoms with Crippen molar-refractivity contribution in [2.75, 3.05) is 0 Å². The minimum absolute atomic E-state index is 0.426. The number of hydrogen-bond donors (Lipinski definition) is 0. The summed E-state index contributed by atoms with van der Waals surface area (Å²) in [5.74, 6) is 5.92. The molecule has 0 atom stereocenters. The van der Waals surface area contributed by atoms with Crippen molar-refractivity contribution in [3.05, 3.63) is 52.4 Å². The van der Waals surface area contributed by atoms with Crippen molar-refractivity contribution < 1.29 is 0 Å². The first-order chi connectivity index (χ1) is 11.9. The molecule has 0 N–H and O–H groups in total. The van der Waals surface area contributed by atoms with Crippen molar-refractivity contribution in [2.45, 2.75) is 47.5 Å². The predicted molar refractivity (Wildman–Crippen MR) is 88.8 cm³/mol. The Balaban J connectivity index is 1.87. The minimum atomic E-state index is 0.426. The Kier molecular flexibility index (Phi) is 4.64. The number of hydrogen-bond acceptors (Lipinski definition) is 9. The summed E-state index contributed by atoms with van der Waals surface area (Å²) in [7, 11) is 0. The molecule has 3 aromatic heterocycles. The zero-order chi connectivity index (χ0) is 18.0. The smallest absolute Gasteiger partial charge is 0.140 e. The van der Waals surface area contributed by atoms with Gasteiger partial charge in [-0.1, -0.05) is 0 Å². The van der Waals surface area contributed by atoms with Crippen LogP contribution in [-0.4, -0.2) is 44.9 Å². The molecule has 0 saturated heterocycles. The average Bonchev–Trinajstić information content (AvgIpc) is 2.43. The van der Waals surface area contributed by atoms with Gasteiger partial charge in [0.05, 0.1) is 12.8 Å². The van der Waals surface area contributed by atoms with E-state index in [9.17, 15) is 0 Å². The highest BCUT2D eigenvalue weighted by Crippen LogP contribution is 2.06. The van der Waals surface area contributed by atoms with Crippen LogP contribution in [0.5, 0.6) is 0 Å². The monoisotopic (exact) mass is 337 g/mol. The number of aryl methyl sites for hydroxylation is 5. The maximum Gasteiger partial charge on any atom is 0.140 e. The van der Waals surface area contributed by atoms with E-state index in [4.69, 9.17) is 0 Å². The van der Waals surface area contributed by atoms with Gasteiger partial charge in [0.1, 0.15) is 52.4 Å². The maximum absolute atomic E-state index is 4.52. The maximum atomic E-state index is 4.52. The molecule has 9 nitrogen and oxygen atoms in total. The second kappa shape index (κ2) is 6.88. The molecule has 0 saturated carbocycles. The van der Waals surface area contributed by atoms with E-state index in [2.05, 4.69) is 44.9 Å². The molecule has 0 unspecified atom stereocenters. The lowest BCUT2D eigenvalue weighted by atomic mass is 10.3. The summed E-state index contributed by atoms with van der Waals surface area (Å²) in [4.78, 5) is 39.0. The van der Waals surface area contributed by atoms with Gasteiger partial charge in [0.15, 0.2) is 0 Å². The van der Waals surface area contributed by atoms with E-state index >= 15 is 0 Å². The van der Waals surface area contributed by atoms with Crippen LogP contribution in [-0.2, 0) is 12.8 Å². The van der Waals surface area contributed by atoms with Gasteiger partial charge in [0, 0.05) is 0 Å². The summed E-state index contributed by atoms with van der Waals surface area (Å²) in [6, 6.07) is 0. The highest BCUT2D eigenvalue weighted by molar-refractivity contribution is 5.08. The van der Waals surface area contributed by atoms with Crippen molar-refractivity contribution >= 4 is 0 Å². The summed E-state index contributed by atoms with van der Waals surface area (Å²) in [5, 5.41) is 0. The van der Waals surface area contributed by atoms with Crippen LogP contribution in [0.25, 0.3) is 0 Å². The molecular formula is C16H19N9. The number of rotatable bonds is 4. The van der Waals surface area contributed by atoms with Crippen LogP contribution in [0, 0.1) is 34.6 Å². The highest BCUT2D eigenvalue weighted by atomic mass is 15.1. The molecule has 0 aliphatic carbocycles. The lowest BCUT2D eigenvalue weighted by molar-refractivity contribution is 0.756. The molecule has 3 aromatic rings. The summed E-state index contributed by atoms with van der Waals surface area (Å²) in [6.45, 7) is 9.20. The topological polar surface area (TPSA) is 116 Å². The average molecular weight is 337 g/mol. The first-order valence-corrected chi connectivity index (χ1v) is 7.94. The van der Waals surface area contributed by atoms with Crippen LogP contribution in [0.4, 0.5) is 0 Å². The number of nitrogens with zero attached hydrogens (tertiary/aromatic N) is 9. The minimum Gasteiger partial charge on any atom is -0.219 e. The molecule has 0 radical (unpaired) electrons. The third kappa shape index (κ3) is 4.52. The Labute approximate surface area is 145 Å². The van der Waals surface area contributed by atoms with Gasteiger partial charge in [0.2, 0.25) is 0 Å². The van der Waals surface area contributed by atoms with E-state index in [1.165, 1.54) is 0 Å². The second-order valence-corrected chi connectivity index (χ2v) is 5.76. The van der Waals surface area contributed by atoms with Crippen molar-refractivity contribution in [3.63, 3.8) is 0 Å². The van der Waals surface area contributed by atoms with E-state index in [1.54, 1.807) is 0 Å². The summed E-state index contributed by atoms with van der Waals surface area (Å²) >= 11 is 0. The third-order valence-electron chi connectivity index (χ3n) is 3.28. The molecule has 0 aliphatic heterocycles. The third-order valence-corrected chi connectivity index (χ3v) is 3.28. The summed E-state index contributed by atoms with van der Waals surface area (Å²) in [5.41, 5.74) is 0. The molecule has 3 heterocycles. The lowest BCUT2D eigenvalue weighted by Crippen LogP contribution is -2.11. The molecule has 0 bridgehead atoms. The van der Waals surface area contributed by atoms with Gasteiger partial charge in [-0.2, -0.15) is 0 Å². The first kappa shape index (κ1) is 16.9. The molecule has 0 aromatic carbocycles. The standard InChI is InChI=1S/C16H19N9/c1-8-17-9(2)20-13(19-8)6-15-23-12(5)24-16(25-15)7-14-21-10(3)18-11(4)22-14/h6-7H2,1-5H3. The van der Waals surface area contributed by atoms with Gasteiger partial charge in [-0.05, 0) is 34.6 Å². The van der Waals surface area contributed by atoms with Crippen LogP contribution >= 0.6 is 0 Å². The quantitative estimate of drug-likeness (QED) is 0.686. The van der Waals surface area contributed by atoms with Gasteiger partial charge < -0.3 is 0 Å². The lowest BCUT2D eigenvalue weighted by Gasteiger charge is -2.06. The fourth-order valence-electron chi connectivity index (χ4n) is 2.56. The van der Waals surface area contributed by atoms with Crippen molar-refractivity contribution in [1.82, 2.24) is 44.9 Å². The molecule has 3 rings (SSSR count). The van der Waals surface area contributed by atoms with Crippen molar-refractivity contribution in [1.29, 1.82) is 0 Å². The predicted octanol–water partition coefficient (Wildman–Crippen LogP) is 0.965. The molecule has 0 aliphatic rings. The molecule has 25 heavy (non-hydrogen) atoms. The number of aromatic nitrogens is 9. The Bertz CT molecular complexity index is 811. The Hall–Kier alpha value is -2.97. The molecule has 0 amide bonds. The van der Waals surface area contributed by atoms with Gasteiger partial charge in [-0.3, -0.25) is 0 Å². The van der Waals surface area contributed by atoms with Crippen LogP contribution in [0.15, 0.2) is 0 Å². The van der Waals surface area contributed by atoms with Crippen LogP contribution in [0.3, 0.4) is 0 Å². The van der Waals surface area contributed by atoms with Crippen LogP contribution in [0.2, 0.25) is 0 Å². The van der Waals surface area contributed by atoms with E-state index in [-0.39, 0.29) is 0 Å². The zero-order valence-corrected chi connectivity index (χ0v) is 14.9. The van der Waals surface area contributed by atoms with Crippen molar-refractivity contribution in [3.8, 4) is 0 Å². The highest BCUT2D eigenvalue weighted by Gasteiger charge is 2.11. The van der Waals surface area contributed by atoms with E-state index in [1.807, 2.05) is 34.6 Å². The summed E-state index contributed by atoms with van der Waals surface area (Å²) < 4.78 is 0. The Morgan fingerprint density at radius 3 is 0.920 bits per heavy atom. The zero-order valence-electron chi connectivity index (χ0n) is 14.9. The molecular weight excluding hydrogens is 318 g/mol. The van der Waals surface area contributed by atoms with Crippen LogP contribution < -0.4 is 0 Å². The molecule has 9 heteroatoms. The second-order valence-electron chi connectivity index (χ2n) is 5.76. The van der Waals surface area contributed by atoms with Gasteiger partial charge >= 0.3 is 0 Å². The largest absolute Gasteiger partial charge is 0.219 e. The Morgan fingerprint density at radius 1 is 0.360 bits per heavy atom. The van der Waals surface area contributed by atoms with Gasteiger partial charge in [-0.25, -0.2) is 44.9 Å². The molecule has 128 valence electrons.